The van der Waals surface area contributed by atoms with Crippen LogP contribution < -0.4 is 0 Å². The van der Waals surface area contributed by atoms with Gasteiger partial charge >= 0.3 is 0 Å². The molecule has 0 saturated carbocycles. The van der Waals surface area contributed by atoms with Crippen molar-refractivity contribution in [2.24, 2.45) is 5.41 Å². The second kappa shape index (κ2) is 4.84. The van der Waals surface area contributed by atoms with Gasteiger partial charge in [0.05, 0.1) is 59.8 Å². The van der Waals surface area contributed by atoms with Crippen molar-refractivity contribution in [1.82, 2.24) is 0 Å². The maximum Gasteiger partial charge on any atom is 0.0888 e. The molecule has 0 aliphatic carbocycles. The minimum atomic E-state index is 0.416. The number of hydrogen-bond donors (Lipinski definition) is 0. The van der Waals surface area contributed by atoms with E-state index in [1.165, 1.54) is 26.2 Å². The third-order valence-corrected chi connectivity index (χ3v) is 3.42. The molecule has 0 saturated heterocycles. The molecule has 2 heteroatoms. The summed E-state index contributed by atoms with van der Waals surface area (Å²) in [6.07, 6.45) is 0. The largest absolute Gasteiger partial charge is 0.328 e. The summed E-state index contributed by atoms with van der Waals surface area (Å²) in [5, 5.41) is 0. The van der Waals surface area contributed by atoms with Crippen molar-refractivity contribution in [2.75, 3.05) is 54.4 Å². The number of quaternary nitrogens is 2. The van der Waals surface area contributed by atoms with Crippen molar-refractivity contribution in [3.63, 3.8) is 0 Å². The second-order valence-electron chi connectivity index (χ2n) is 6.98. The van der Waals surface area contributed by atoms with Gasteiger partial charge in [-0.3, -0.25) is 0 Å². The van der Waals surface area contributed by atoms with Gasteiger partial charge in [0, 0.05) is 0 Å². The lowest BCUT2D eigenvalue weighted by Gasteiger charge is -2.41. The van der Waals surface area contributed by atoms with Gasteiger partial charge in [0.15, 0.2) is 0 Å². The first-order chi connectivity index (χ1) is 6.54. The highest BCUT2D eigenvalue weighted by Gasteiger charge is 2.33. The Hall–Kier alpha value is -0.0800. The summed E-state index contributed by atoms with van der Waals surface area (Å²) >= 11 is 0. The van der Waals surface area contributed by atoms with E-state index in [9.17, 15) is 0 Å². The zero-order valence-corrected chi connectivity index (χ0v) is 12.2. The van der Waals surface area contributed by atoms with Gasteiger partial charge in [0.25, 0.3) is 0 Å². The van der Waals surface area contributed by atoms with Gasteiger partial charge in [-0.05, 0) is 27.7 Å². The van der Waals surface area contributed by atoms with Crippen LogP contribution in [0.25, 0.3) is 0 Å². The van der Waals surface area contributed by atoms with Crippen LogP contribution in [0.15, 0.2) is 0 Å². The topological polar surface area (TPSA) is 0 Å². The summed E-state index contributed by atoms with van der Waals surface area (Å²) < 4.78 is 2.24. The first-order valence-electron chi connectivity index (χ1n) is 6.18. The Bertz CT molecular complexity index is 173. The average molecular weight is 216 g/mol. The van der Waals surface area contributed by atoms with Crippen LogP contribution in [0, 0.1) is 5.41 Å². The predicted octanol–water partition coefficient (Wildman–Crippen LogP) is 2.21. The molecule has 0 aromatic rings. The van der Waals surface area contributed by atoms with E-state index in [1.54, 1.807) is 0 Å². The van der Waals surface area contributed by atoms with Crippen LogP contribution in [0.1, 0.15) is 27.7 Å². The van der Waals surface area contributed by atoms with Crippen LogP contribution in [0.2, 0.25) is 0 Å². The Labute approximate surface area is 97.1 Å². The van der Waals surface area contributed by atoms with Crippen molar-refractivity contribution in [3.05, 3.63) is 0 Å². The van der Waals surface area contributed by atoms with Crippen molar-refractivity contribution in [3.8, 4) is 0 Å². The molecule has 2 nitrogen and oxygen atoms in total. The summed E-state index contributed by atoms with van der Waals surface area (Å²) in [6, 6.07) is 0. The molecular formula is C13H32N2+2. The van der Waals surface area contributed by atoms with Gasteiger partial charge in [-0.1, -0.05) is 0 Å². The summed E-state index contributed by atoms with van der Waals surface area (Å²) in [5.41, 5.74) is 0.416. The van der Waals surface area contributed by atoms with Crippen LogP contribution in [-0.4, -0.2) is 63.3 Å². The smallest absolute Gasteiger partial charge is 0.0888 e. The lowest BCUT2D eigenvalue weighted by Crippen LogP contribution is -2.53. The highest BCUT2D eigenvalue weighted by Crippen LogP contribution is 2.22. The molecule has 0 aromatic heterocycles. The van der Waals surface area contributed by atoms with Crippen molar-refractivity contribution in [1.29, 1.82) is 0 Å². The Balaban J connectivity index is 4.43. The maximum absolute atomic E-state index is 2.40. The molecule has 0 atom stereocenters. The van der Waals surface area contributed by atoms with Gasteiger partial charge in [-0.15, -0.1) is 0 Å². The molecule has 0 heterocycles. The fraction of sp³-hybridized carbons (Fsp3) is 1.00. The molecule has 15 heavy (non-hydrogen) atoms. The first-order valence-corrected chi connectivity index (χ1v) is 6.18. The van der Waals surface area contributed by atoms with E-state index in [-0.39, 0.29) is 0 Å². The van der Waals surface area contributed by atoms with Crippen LogP contribution in [-0.2, 0) is 0 Å². The molecule has 92 valence electrons. The third kappa shape index (κ3) is 6.16. The highest BCUT2D eigenvalue weighted by atomic mass is 15.3. The van der Waals surface area contributed by atoms with E-state index in [1.807, 2.05) is 0 Å². The third-order valence-electron chi connectivity index (χ3n) is 3.42. The van der Waals surface area contributed by atoms with Crippen molar-refractivity contribution in [2.45, 2.75) is 27.7 Å². The van der Waals surface area contributed by atoms with Gasteiger partial charge in [-0.25, -0.2) is 0 Å². The molecule has 0 aliphatic heterocycles. The zero-order valence-electron chi connectivity index (χ0n) is 12.2. The summed E-state index contributed by atoms with van der Waals surface area (Å²) in [5.74, 6) is 0. The van der Waals surface area contributed by atoms with Crippen molar-refractivity contribution < 1.29 is 8.97 Å². The molecule has 0 aromatic carbocycles. The Morgan fingerprint density at radius 1 is 0.733 bits per heavy atom. The Morgan fingerprint density at radius 2 is 1.00 bits per heavy atom. The van der Waals surface area contributed by atoms with Crippen LogP contribution in [0.3, 0.4) is 0 Å². The standard InChI is InChI=1S/C13H32N2/c1-9-14(5,6)11-13(3,4)12-15(7,8)10-2/h9-12H2,1-8H3/q+2. The van der Waals surface area contributed by atoms with Gasteiger partial charge in [0.2, 0.25) is 0 Å². The van der Waals surface area contributed by atoms with Gasteiger partial charge in [0.1, 0.15) is 0 Å². The van der Waals surface area contributed by atoms with Gasteiger partial charge < -0.3 is 8.97 Å². The Morgan fingerprint density at radius 3 is 1.20 bits per heavy atom. The van der Waals surface area contributed by atoms with E-state index in [0.717, 1.165) is 8.97 Å². The van der Waals surface area contributed by atoms with E-state index < -0.39 is 0 Å². The normalized spacial score (nSPS) is 14.4. The highest BCUT2D eigenvalue weighted by molar-refractivity contribution is 4.67. The Kier molecular flexibility index (Phi) is 4.81. The van der Waals surface area contributed by atoms with E-state index >= 15 is 0 Å². The molecule has 0 aliphatic rings. The molecule has 0 rings (SSSR count). The van der Waals surface area contributed by atoms with Crippen molar-refractivity contribution >= 4 is 0 Å². The minimum absolute atomic E-state index is 0.416. The molecule has 0 unspecified atom stereocenters. The summed E-state index contributed by atoms with van der Waals surface area (Å²) in [6.45, 7) is 14.3. The molecule has 0 radical (unpaired) electrons. The van der Waals surface area contributed by atoms with Crippen LogP contribution in [0.5, 0.6) is 0 Å². The minimum Gasteiger partial charge on any atom is -0.328 e. The SMILES string of the molecule is CC[N+](C)(C)CC(C)(C)C[N+](C)(C)CC. The van der Waals surface area contributed by atoms with Gasteiger partial charge in [-0.2, -0.15) is 0 Å². The fourth-order valence-electron chi connectivity index (χ4n) is 2.59. The molecule has 0 fully saturated rings. The molecule has 0 amide bonds. The first kappa shape index (κ1) is 14.9. The van der Waals surface area contributed by atoms with E-state index in [4.69, 9.17) is 0 Å². The van der Waals surface area contributed by atoms with Crippen LogP contribution in [0.4, 0.5) is 0 Å². The fourth-order valence-corrected chi connectivity index (χ4v) is 2.59. The monoisotopic (exact) mass is 216 g/mol. The molecule has 0 spiro atoms. The lowest BCUT2D eigenvalue weighted by atomic mass is 9.90. The summed E-state index contributed by atoms with van der Waals surface area (Å²) in [4.78, 5) is 0. The van der Waals surface area contributed by atoms with E-state index in [2.05, 4.69) is 55.9 Å². The molecular weight excluding hydrogens is 184 g/mol. The lowest BCUT2D eigenvalue weighted by molar-refractivity contribution is -0.918. The second-order valence-corrected chi connectivity index (χ2v) is 6.98. The molecule has 0 N–H and O–H groups in total. The van der Waals surface area contributed by atoms with Crippen LogP contribution >= 0.6 is 0 Å². The number of rotatable bonds is 6. The molecule has 0 bridgehead atoms. The number of nitrogens with zero attached hydrogens (tertiary/aromatic N) is 2. The maximum atomic E-state index is 2.40. The summed E-state index contributed by atoms with van der Waals surface area (Å²) in [7, 11) is 9.31. The zero-order chi connectivity index (χ0) is 12.3. The average Bonchev–Trinajstić information content (AvgIpc) is 2.00. The van der Waals surface area contributed by atoms with E-state index in [0.29, 0.717) is 5.41 Å². The number of hydrogen-bond acceptors (Lipinski definition) is 0. The predicted molar refractivity (Wildman–Crippen MR) is 68.8 cm³/mol. The quantitative estimate of drug-likeness (QED) is 0.597.